The molecule has 1 aromatic carbocycles. The number of hydrogen-bond donors (Lipinski definition) is 1. The number of benzene rings is 1. The first-order valence-electron chi connectivity index (χ1n) is 7.32. The van der Waals surface area contributed by atoms with Crippen LogP contribution in [0.25, 0.3) is 0 Å². The molecule has 0 aliphatic rings. The summed E-state index contributed by atoms with van der Waals surface area (Å²) in [6.07, 6.45) is 3.08. The van der Waals surface area contributed by atoms with Crippen LogP contribution < -0.4 is 5.32 Å². The van der Waals surface area contributed by atoms with Crippen LogP contribution in [0.15, 0.2) is 28.7 Å². The van der Waals surface area contributed by atoms with Crippen molar-refractivity contribution in [3.63, 3.8) is 0 Å². The lowest BCUT2D eigenvalue weighted by Gasteiger charge is -2.20. The van der Waals surface area contributed by atoms with Crippen LogP contribution in [0, 0.1) is 0 Å². The standard InChI is InChI=1S/C15H25BrN2O2S/c1-4-15(13-7-9-14(16)10-8-13)17-11-6-12-18(5-2)21(3,19)20/h7-10,15,17H,4-6,11-12H2,1-3H3. The van der Waals surface area contributed by atoms with Gasteiger partial charge in [-0.05, 0) is 37.1 Å². The summed E-state index contributed by atoms with van der Waals surface area (Å²) in [4.78, 5) is 0. The Kier molecular flexibility index (Phi) is 7.87. The van der Waals surface area contributed by atoms with Crippen LogP contribution in [0.1, 0.15) is 38.3 Å². The molecule has 0 spiro atoms. The zero-order valence-electron chi connectivity index (χ0n) is 13.0. The lowest BCUT2D eigenvalue weighted by Crippen LogP contribution is -2.33. The van der Waals surface area contributed by atoms with Gasteiger partial charge in [-0.1, -0.05) is 41.9 Å². The van der Waals surface area contributed by atoms with Gasteiger partial charge >= 0.3 is 0 Å². The molecule has 0 aromatic heterocycles. The molecule has 1 unspecified atom stereocenters. The van der Waals surface area contributed by atoms with Gasteiger partial charge in [0.15, 0.2) is 0 Å². The average Bonchev–Trinajstić information content (AvgIpc) is 2.43. The fourth-order valence-electron chi connectivity index (χ4n) is 2.28. The third kappa shape index (κ3) is 6.46. The molecule has 0 radical (unpaired) electrons. The van der Waals surface area contributed by atoms with Gasteiger partial charge in [-0.15, -0.1) is 0 Å². The van der Waals surface area contributed by atoms with Crippen LogP contribution in [0.3, 0.4) is 0 Å². The van der Waals surface area contributed by atoms with Gasteiger partial charge in [0.05, 0.1) is 6.26 Å². The highest BCUT2D eigenvalue weighted by Crippen LogP contribution is 2.19. The summed E-state index contributed by atoms with van der Waals surface area (Å²) in [6, 6.07) is 8.62. The Bertz CT molecular complexity index is 517. The van der Waals surface area contributed by atoms with Crippen LogP contribution in [-0.2, 0) is 10.0 Å². The molecular weight excluding hydrogens is 352 g/mol. The number of hydrogen-bond acceptors (Lipinski definition) is 3. The first-order chi connectivity index (χ1) is 9.88. The molecule has 1 atom stereocenters. The molecule has 0 heterocycles. The maximum Gasteiger partial charge on any atom is 0.211 e. The number of halogens is 1. The van der Waals surface area contributed by atoms with Crippen molar-refractivity contribution in [1.29, 1.82) is 0 Å². The molecule has 0 fully saturated rings. The minimum atomic E-state index is -3.08. The van der Waals surface area contributed by atoms with Crippen molar-refractivity contribution in [3.05, 3.63) is 34.3 Å². The van der Waals surface area contributed by atoms with E-state index in [0.717, 1.165) is 23.9 Å². The smallest absolute Gasteiger partial charge is 0.211 e. The lowest BCUT2D eigenvalue weighted by atomic mass is 10.0. The largest absolute Gasteiger partial charge is 0.310 e. The van der Waals surface area contributed by atoms with Crippen LogP contribution in [0.4, 0.5) is 0 Å². The van der Waals surface area contributed by atoms with Gasteiger partial charge < -0.3 is 5.32 Å². The van der Waals surface area contributed by atoms with Crippen LogP contribution in [0.2, 0.25) is 0 Å². The first-order valence-corrected chi connectivity index (χ1v) is 9.96. The molecule has 1 rings (SSSR count). The molecule has 0 aliphatic carbocycles. The van der Waals surface area contributed by atoms with Gasteiger partial charge in [-0.3, -0.25) is 0 Å². The van der Waals surface area contributed by atoms with E-state index in [2.05, 4.69) is 40.3 Å². The molecule has 6 heteroatoms. The van der Waals surface area contributed by atoms with Crippen molar-refractivity contribution >= 4 is 26.0 Å². The van der Waals surface area contributed by atoms with Crippen molar-refractivity contribution in [1.82, 2.24) is 9.62 Å². The van der Waals surface area contributed by atoms with Gasteiger partial charge in [0.1, 0.15) is 0 Å². The summed E-state index contributed by atoms with van der Waals surface area (Å²) in [6.45, 7) is 5.92. The van der Waals surface area contributed by atoms with Gasteiger partial charge in [-0.2, -0.15) is 0 Å². The maximum atomic E-state index is 11.5. The maximum absolute atomic E-state index is 11.5. The highest BCUT2D eigenvalue weighted by atomic mass is 79.9. The zero-order valence-corrected chi connectivity index (χ0v) is 15.4. The summed E-state index contributed by atoms with van der Waals surface area (Å²) in [7, 11) is -3.08. The number of nitrogens with one attached hydrogen (secondary N) is 1. The quantitative estimate of drug-likeness (QED) is 0.673. The molecule has 0 aliphatic heterocycles. The Hall–Kier alpha value is -0.430. The summed E-state index contributed by atoms with van der Waals surface area (Å²) < 4.78 is 25.6. The molecule has 4 nitrogen and oxygen atoms in total. The van der Waals surface area contributed by atoms with E-state index in [1.54, 1.807) is 0 Å². The van der Waals surface area contributed by atoms with E-state index >= 15 is 0 Å². The van der Waals surface area contributed by atoms with Gasteiger partial charge in [-0.25, -0.2) is 12.7 Å². The second-order valence-corrected chi connectivity index (χ2v) is 7.97. The van der Waals surface area contributed by atoms with Crippen LogP contribution in [-0.4, -0.2) is 38.6 Å². The van der Waals surface area contributed by atoms with E-state index in [4.69, 9.17) is 0 Å². The Balaban J connectivity index is 2.44. The highest BCUT2D eigenvalue weighted by molar-refractivity contribution is 9.10. The molecule has 0 amide bonds. The monoisotopic (exact) mass is 376 g/mol. The summed E-state index contributed by atoms with van der Waals surface area (Å²) in [5.41, 5.74) is 1.26. The fraction of sp³-hybridized carbons (Fsp3) is 0.600. The third-order valence-electron chi connectivity index (χ3n) is 3.48. The second-order valence-electron chi connectivity index (χ2n) is 5.07. The van der Waals surface area contributed by atoms with Crippen molar-refractivity contribution in [2.75, 3.05) is 25.9 Å². The zero-order chi connectivity index (χ0) is 15.9. The molecule has 1 N–H and O–H groups in total. The lowest BCUT2D eigenvalue weighted by molar-refractivity contribution is 0.409. The molecule has 0 bridgehead atoms. The highest BCUT2D eigenvalue weighted by Gasteiger charge is 2.14. The van der Waals surface area contributed by atoms with E-state index in [1.165, 1.54) is 16.1 Å². The van der Waals surface area contributed by atoms with E-state index in [0.29, 0.717) is 19.1 Å². The Morgan fingerprint density at radius 1 is 1.24 bits per heavy atom. The predicted molar refractivity (Wildman–Crippen MR) is 91.9 cm³/mol. The summed E-state index contributed by atoms with van der Waals surface area (Å²) >= 11 is 3.44. The Morgan fingerprint density at radius 3 is 2.33 bits per heavy atom. The second kappa shape index (κ2) is 8.88. The van der Waals surface area contributed by atoms with Crippen LogP contribution >= 0.6 is 15.9 Å². The van der Waals surface area contributed by atoms with Crippen molar-refractivity contribution < 1.29 is 8.42 Å². The van der Waals surface area contributed by atoms with E-state index < -0.39 is 10.0 Å². The number of nitrogens with zero attached hydrogens (tertiary/aromatic N) is 1. The van der Waals surface area contributed by atoms with Gasteiger partial charge in [0.2, 0.25) is 10.0 Å². The van der Waals surface area contributed by atoms with E-state index in [9.17, 15) is 8.42 Å². The van der Waals surface area contributed by atoms with E-state index in [1.807, 2.05) is 19.1 Å². The SMILES string of the molecule is CCC(NCCCN(CC)S(C)(=O)=O)c1ccc(Br)cc1. The molecule has 1 aromatic rings. The molecule has 0 saturated heterocycles. The Labute approximate surface area is 137 Å². The average molecular weight is 377 g/mol. The van der Waals surface area contributed by atoms with Gasteiger partial charge in [0.25, 0.3) is 0 Å². The molecular formula is C15H25BrN2O2S. The number of sulfonamides is 1. The Morgan fingerprint density at radius 2 is 1.86 bits per heavy atom. The third-order valence-corrected chi connectivity index (χ3v) is 5.38. The van der Waals surface area contributed by atoms with Crippen molar-refractivity contribution in [2.24, 2.45) is 0 Å². The first kappa shape index (κ1) is 18.6. The minimum absolute atomic E-state index is 0.311. The van der Waals surface area contributed by atoms with Crippen molar-refractivity contribution in [3.8, 4) is 0 Å². The van der Waals surface area contributed by atoms with Crippen LogP contribution in [0.5, 0.6) is 0 Å². The summed E-state index contributed by atoms with van der Waals surface area (Å²) in [5.74, 6) is 0. The normalized spacial score (nSPS) is 13.6. The predicted octanol–water partition coefficient (Wildman–Crippen LogP) is 3.16. The van der Waals surface area contributed by atoms with Gasteiger partial charge in [0, 0.05) is 23.6 Å². The fourth-order valence-corrected chi connectivity index (χ4v) is 3.48. The van der Waals surface area contributed by atoms with E-state index in [-0.39, 0.29) is 0 Å². The topological polar surface area (TPSA) is 49.4 Å². The summed E-state index contributed by atoms with van der Waals surface area (Å²) in [5, 5.41) is 3.50. The molecule has 0 saturated carbocycles. The van der Waals surface area contributed by atoms with Crippen molar-refractivity contribution in [2.45, 2.75) is 32.7 Å². The molecule has 21 heavy (non-hydrogen) atoms. The molecule has 120 valence electrons. The minimum Gasteiger partial charge on any atom is -0.310 e. The number of rotatable bonds is 9.